The summed E-state index contributed by atoms with van der Waals surface area (Å²) in [7, 11) is 1.51. The van der Waals surface area contributed by atoms with Crippen LogP contribution in [0.5, 0.6) is 11.5 Å². The summed E-state index contributed by atoms with van der Waals surface area (Å²) in [4.78, 5) is 26.5. The lowest BCUT2D eigenvalue weighted by atomic mass is 10.1. The van der Waals surface area contributed by atoms with Crippen molar-refractivity contribution < 1.29 is 19.1 Å². The summed E-state index contributed by atoms with van der Waals surface area (Å²) in [6.45, 7) is 2.41. The average Bonchev–Trinajstić information content (AvgIpc) is 2.92. The number of ether oxygens (including phenoxy) is 2. The van der Waals surface area contributed by atoms with Crippen molar-refractivity contribution in [3.05, 3.63) is 62.5 Å². The van der Waals surface area contributed by atoms with Crippen LogP contribution in [0, 0.1) is 0 Å². The van der Waals surface area contributed by atoms with Gasteiger partial charge in [-0.3, -0.25) is 14.5 Å². The Hall–Kier alpha value is -2.15. The smallest absolute Gasteiger partial charge is 0.293 e. The topological polar surface area (TPSA) is 55.8 Å². The standard InChI is InChI=1S/C20H17Cl2NO4S/c1-3-27-18-15(22)8-12(9-16(18)26-2)10-17-19(24)23(20(25)28-17)11-13-6-4-5-7-14(13)21/h4-10H,3,11H2,1-2H3/b17-10-. The van der Waals surface area contributed by atoms with Crippen molar-refractivity contribution in [1.82, 2.24) is 4.90 Å². The van der Waals surface area contributed by atoms with Crippen molar-refractivity contribution >= 4 is 52.2 Å². The molecule has 146 valence electrons. The molecule has 1 aliphatic rings. The normalized spacial score (nSPS) is 15.4. The Morgan fingerprint density at radius 1 is 1.14 bits per heavy atom. The quantitative estimate of drug-likeness (QED) is 0.547. The van der Waals surface area contributed by atoms with E-state index in [1.54, 1.807) is 36.4 Å². The Kier molecular flexibility index (Phi) is 6.54. The molecule has 1 aliphatic heterocycles. The van der Waals surface area contributed by atoms with Crippen molar-refractivity contribution in [3.8, 4) is 11.5 Å². The van der Waals surface area contributed by atoms with Gasteiger partial charge in [-0.25, -0.2) is 0 Å². The number of halogens is 2. The monoisotopic (exact) mass is 437 g/mol. The van der Waals surface area contributed by atoms with E-state index in [4.69, 9.17) is 32.7 Å². The first-order valence-electron chi connectivity index (χ1n) is 8.43. The van der Waals surface area contributed by atoms with E-state index in [0.29, 0.717) is 44.2 Å². The Morgan fingerprint density at radius 3 is 2.57 bits per heavy atom. The fourth-order valence-corrected chi connectivity index (χ4v) is 4.00. The summed E-state index contributed by atoms with van der Waals surface area (Å²) in [5.41, 5.74) is 1.34. The molecule has 1 saturated heterocycles. The van der Waals surface area contributed by atoms with Gasteiger partial charge in [0.05, 0.1) is 30.2 Å². The van der Waals surface area contributed by atoms with Crippen LogP contribution in [0.4, 0.5) is 4.79 Å². The third-order valence-corrected chi connectivity index (χ3v) is 5.55. The lowest BCUT2D eigenvalue weighted by Crippen LogP contribution is -2.27. The van der Waals surface area contributed by atoms with Crippen LogP contribution in [0.1, 0.15) is 18.1 Å². The number of methoxy groups -OCH3 is 1. The number of imide groups is 1. The van der Waals surface area contributed by atoms with Gasteiger partial charge in [0.25, 0.3) is 11.1 Å². The molecule has 0 aromatic heterocycles. The highest BCUT2D eigenvalue weighted by Crippen LogP contribution is 2.39. The minimum Gasteiger partial charge on any atom is -0.493 e. The largest absolute Gasteiger partial charge is 0.493 e. The number of nitrogens with zero attached hydrogens (tertiary/aromatic N) is 1. The maximum absolute atomic E-state index is 12.7. The minimum absolute atomic E-state index is 0.120. The van der Waals surface area contributed by atoms with E-state index in [1.807, 2.05) is 13.0 Å². The predicted molar refractivity (Wildman–Crippen MR) is 112 cm³/mol. The number of amides is 2. The van der Waals surface area contributed by atoms with E-state index in [9.17, 15) is 9.59 Å². The van der Waals surface area contributed by atoms with Crippen molar-refractivity contribution in [1.29, 1.82) is 0 Å². The zero-order chi connectivity index (χ0) is 20.3. The fourth-order valence-electron chi connectivity index (χ4n) is 2.69. The van der Waals surface area contributed by atoms with E-state index in [2.05, 4.69) is 0 Å². The summed E-state index contributed by atoms with van der Waals surface area (Å²) in [5.74, 6) is 0.519. The molecule has 0 aliphatic carbocycles. The van der Waals surface area contributed by atoms with E-state index in [1.165, 1.54) is 12.0 Å². The number of benzene rings is 2. The molecule has 1 fully saturated rings. The molecule has 28 heavy (non-hydrogen) atoms. The summed E-state index contributed by atoms with van der Waals surface area (Å²) in [6.07, 6.45) is 1.61. The van der Waals surface area contributed by atoms with Crippen LogP contribution < -0.4 is 9.47 Å². The third-order valence-electron chi connectivity index (χ3n) is 4.00. The molecule has 5 nitrogen and oxygen atoms in total. The van der Waals surface area contributed by atoms with Crippen LogP contribution in [-0.4, -0.2) is 29.8 Å². The highest BCUT2D eigenvalue weighted by atomic mass is 35.5. The van der Waals surface area contributed by atoms with Gasteiger partial charge in [-0.2, -0.15) is 0 Å². The van der Waals surface area contributed by atoms with Gasteiger partial charge in [0.1, 0.15) is 0 Å². The first kappa shape index (κ1) is 20.6. The SMILES string of the molecule is CCOc1c(Cl)cc(/C=C2\SC(=O)N(Cc3ccccc3Cl)C2=O)cc1OC. The van der Waals surface area contributed by atoms with Crippen molar-refractivity contribution in [2.45, 2.75) is 13.5 Å². The third kappa shape index (κ3) is 4.29. The molecule has 2 aromatic carbocycles. The van der Waals surface area contributed by atoms with E-state index < -0.39 is 0 Å². The van der Waals surface area contributed by atoms with Gasteiger partial charge in [-0.1, -0.05) is 41.4 Å². The second-order valence-corrected chi connectivity index (χ2v) is 7.63. The van der Waals surface area contributed by atoms with Gasteiger partial charge >= 0.3 is 0 Å². The van der Waals surface area contributed by atoms with Gasteiger partial charge in [0.2, 0.25) is 0 Å². The van der Waals surface area contributed by atoms with Crippen LogP contribution in [0.2, 0.25) is 10.0 Å². The number of carbonyl (C=O) groups excluding carboxylic acids is 2. The summed E-state index contributed by atoms with van der Waals surface area (Å²) in [6, 6.07) is 10.5. The molecule has 2 amide bonds. The average molecular weight is 438 g/mol. The molecule has 0 bridgehead atoms. The van der Waals surface area contributed by atoms with E-state index in [-0.39, 0.29) is 17.7 Å². The highest BCUT2D eigenvalue weighted by molar-refractivity contribution is 8.18. The van der Waals surface area contributed by atoms with Crippen molar-refractivity contribution in [3.63, 3.8) is 0 Å². The second-order valence-electron chi connectivity index (χ2n) is 5.83. The number of carbonyl (C=O) groups is 2. The van der Waals surface area contributed by atoms with Crippen LogP contribution in [-0.2, 0) is 11.3 Å². The Morgan fingerprint density at radius 2 is 1.89 bits per heavy atom. The molecule has 0 atom stereocenters. The second kappa shape index (κ2) is 8.90. The Bertz CT molecular complexity index is 961. The molecule has 0 saturated carbocycles. The van der Waals surface area contributed by atoms with Gasteiger partial charge in [-0.05, 0) is 54.1 Å². The van der Waals surface area contributed by atoms with Crippen molar-refractivity contribution in [2.75, 3.05) is 13.7 Å². The zero-order valence-corrected chi connectivity index (χ0v) is 17.5. The van der Waals surface area contributed by atoms with Crippen LogP contribution in [0.25, 0.3) is 6.08 Å². The fraction of sp³-hybridized carbons (Fsp3) is 0.200. The Balaban J connectivity index is 1.87. The molecular formula is C20H17Cl2NO4S. The lowest BCUT2D eigenvalue weighted by Gasteiger charge is -2.13. The highest BCUT2D eigenvalue weighted by Gasteiger charge is 2.35. The van der Waals surface area contributed by atoms with Gasteiger partial charge in [0.15, 0.2) is 11.5 Å². The molecular weight excluding hydrogens is 421 g/mol. The predicted octanol–water partition coefficient (Wildman–Crippen LogP) is 5.64. The molecule has 0 N–H and O–H groups in total. The van der Waals surface area contributed by atoms with Crippen LogP contribution in [0.15, 0.2) is 41.3 Å². The zero-order valence-electron chi connectivity index (χ0n) is 15.2. The first-order chi connectivity index (χ1) is 13.4. The molecule has 2 aromatic rings. The molecule has 3 rings (SSSR count). The van der Waals surface area contributed by atoms with E-state index in [0.717, 1.165) is 11.8 Å². The number of rotatable bonds is 6. The molecule has 8 heteroatoms. The minimum atomic E-state index is -0.376. The summed E-state index contributed by atoms with van der Waals surface area (Å²) >= 11 is 13.3. The Labute approximate surface area is 177 Å². The van der Waals surface area contributed by atoms with Crippen LogP contribution in [0.3, 0.4) is 0 Å². The van der Waals surface area contributed by atoms with Gasteiger partial charge < -0.3 is 9.47 Å². The van der Waals surface area contributed by atoms with Gasteiger partial charge in [0, 0.05) is 5.02 Å². The van der Waals surface area contributed by atoms with Crippen LogP contribution >= 0.6 is 35.0 Å². The lowest BCUT2D eigenvalue weighted by molar-refractivity contribution is -0.123. The van der Waals surface area contributed by atoms with Gasteiger partial charge in [-0.15, -0.1) is 0 Å². The maximum atomic E-state index is 12.7. The molecule has 0 unspecified atom stereocenters. The van der Waals surface area contributed by atoms with Crippen molar-refractivity contribution in [2.24, 2.45) is 0 Å². The molecule has 1 heterocycles. The molecule has 0 spiro atoms. The van der Waals surface area contributed by atoms with E-state index >= 15 is 0 Å². The maximum Gasteiger partial charge on any atom is 0.293 e. The summed E-state index contributed by atoms with van der Waals surface area (Å²) in [5, 5.41) is 0.525. The molecule has 0 radical (unpaired) electrons. The number of hydrogen-bond acceptors (Lipinski definition) is 5. The number of thioether (sulfide) groups is 1. The first-order valence-corrected chi connectivity index (χ1v) is 10.0. The summed E-state index contributed by atoms with van der Waals surface area (Å²) < 4.78 is 10.8. The number of hydrogen-bond donors (Lipinski definition) is 0.